The van der Waals surface area contributed by atoms with E-state index in [0.29, 0.717) is 24.9 Å². The summed E-state index contributed by atoms with van der Waals surface area (Å²) in [5.74, 6) is -3.37. The molecule has 0 aliphatic rings. The zero-order valence-corrected chi connectivity index (χ0v) is 18.7. The number of ether oxygens (including phenoxy) is 2. The molecule has 0 fully saturated rings. The number of aliphatic hydroxyl groups is 1. The minimum absolute atomic E-state index is 0.0281. The Balaban J connectivity index is 1.59. The topological polar surface area (TPSA) is 128 Å². The van der Waals surface area contributed by atoms with Crippen LogP contribution in [0.2, 0.25) is 10.0 Å². The van der Waals surface area contributed by atoms with E-state index >= 15 is 0 Å². The molecule has 0 spiro atoms. The van der Waals surface area contributed by atoms with Crippen LogP contribution in [0.5, 0.6) is 0 Å². The minimum atomic E-state index is -1.34. The lowest BCUT2D eigenvalue weighted by atomic mass is 10.1. The molecule has 0 aromatic heterocycles. The van der Waals surface area contributed by atoms with Crippen LogP contribution in [0.4, 0.5) is 5.69 Å². The van der Waals surface area contributed by atoms with E-state index in [1.165, 1.54) is 12.1 Å². The Morgan fingerprint density at radius 1 is 1.06 bits per heavy atom. The molecule has 0 aliphatic heterocycles. The van der Waals surface area contributed by atoms with E-state index in [-0.39, 0.29) is 35.3 Å². The fourth-order valence-corrected chi connectivity index (χ4v) is 3.16. The summed E-state index contributed by atoms with van der Waals surface area (Å²) in [6.07, 6.45) is -0.129. The molecule has 0 saturated carbocycles. The number of nitrogens with two attached hydrogens (primary N) is 1. The highest BCUT2D eigenvalue weighted by molar-refractivity contribution is 6.38. The maximum absolute atomic E-state index is 11.7. The number of carbonyl (C=O) groups is 3. The molecule has 0 saturated heterocycles. The van der Waals surface area contributed by atoms with Gasteiger partial charge in [0, 0.05) is 6.54 Å². The summed E-state index contributed by atoms with van der Waals surface area (Å²) < 4.78 is 9.28. The van der Waals surface area contributed by atoms with Crippen LogP contribution in [0, 0.1) is 0 Å². The number of benzene rings is 2. The van der Waals surface area contributed by atoms with E-state index < -0.39 is 24.0 Å². The van der Waals surface area contributed by atoms with Gasteiger partial charge in [0.05, 0.1) is 34.9 Å². The third-order valence-corrected chi connectivity index (χ3v) is 5.01. The van der Waals surface area contributed by atoms with Crippen molar-refractivity contribution in [2.75, 3.05) is 25.4 Å². The largest absolute Gasteiger partial charge is 0.457 e. The molecule has 0 bridgehead atoms. The summed E-state index contributed by atoms with van der Waals surface area (Å²) in [4.78, 5) is 34.9. The van der Waals surface area contributed by atoms with Gasteiger partial charge in [-0.3, -0.25) is 4.79 Å². The number of esters is 3. The number of rotatable bonds is 10. The van der Waals surface area contributed by atoms with Gasteiger partial charge >= 0.3 is 17.9 Å². The van der Waals surface area contributed by atoms with Crippen molar-refractivity contribution in [3.63, 3.8) is 0 Å². The van der Waals surface area contributed by atoms with Crippen LogP contribution >= 0.6 is 23.2 Å². The van der Waals surface area contributed by atoms with Gasteiger partial charge in [0.25, 0.3) is 0 Å². The van der Waals surface area contributed by atoms with E-state index in [1.54, 1.807) is 0 Å². The van der Waals surface area contributed by atoms with Crippen molar-refractivity contribution in [2.24, 2.45) is 0 Å². The molecule has 10 heteroatoms. The lowest BCUT2D eigenvalue weighted by Gasteiger charge is -2.14. The SMILES string of the molecule is Nc1c(Cl)cc(C(O)CNCCCOC(=O)C(=O)OC(=O)CCc2ccccc2)cc1Cl. The summed E-state index contributed by atoms with van der Waals surface area (Å²) in [6.45, 7) is 0.531. The molecule has 32 heavy (non-hydrogen) atoms. The molecule has 0 amide bonds. The Hall–Kier alpha value is -2.65. The Kier molecular flexibility index (Phi) is 10.4. The standard InChI is InChI=1S/C22H24Cl2N2O6/c23-16-11-15(12-17(24)20(16)25)18(27)13-26-9-4-10-31-21(29)22(30)32-19(28)8-7-14-5-2-1-3-6-14/h1-3,5-6,11-12,18,26-27H,4,7-10,13,25H2. The number of nitrogen functional groups attached to an aromatic ring is 1. The maximum Gasteiger partial charge on any atom is 0.425 e. The van der Waals surface area contributed by atoms with Crippen LogP contribution in [0.15, 0.2) is 42.5 Å². The van der Waals surface area contributed by atoms with Gasteiger partial charge in [-0.15, -0.1) is 0 Å². The number of carbonyl (C=O) groups excluding carboxylic acids is 3. The van der Waals surface area contributed by atoms with E-state index in [0.717, 1.165) is 5.56 Å². The first-order valence-electron chi connectivity index (χ1n) is 9.86. The Labute approximate surface area is 195 Å². The smallest absolute Gasteiger partial charge is 0.425 e. The lowest BCUT2D eigenvalue weighted by Crippen LogP contribution is -2.26. The van der Waals surface area contributed by atoms with Gasteiger partial charge in [-0.2, -0.15) is 0 Å². The number of hydrogen-bond donors (Lipinski definition) is 3. The van der Waals surface area contributed by atoms with Gasteiger partial charge in [-0.25, -0.2) is 9.59 Å². The molecule has 8 nitrogen and oxygen atoms in total. The minimum Gasteiger partial charge on any atom is -0.457 e. The van der Waals surface area contributed by atoms with Crippen molar-refractivity contribution in [3.05, 3.63) is 63.6 Å². The summed E-state index contributed by atoms with van der Waals surface area (Å²) >= 11 is 11.9. The zero-order valence-electron chi connectivity index (χ0n) is 17.2. The third kappa shape index (κ3) is 8.47. The molecular formula is C22H24Cl2N2O6. The van der Waals surface area contributed by atoms with Crippen molar-refractivity contribution in [2.45, 2.75) is 25.4 Å². The second-order valence-corrected chi connectivity index (χ2v) is 7.67. The number of hydrogen-bond acceptors (Lipinski definition) is 8. The van der Waals surface area contributed by atoms with E-state index in [1.807, 2.05) is 30.3 Å². The first-order valence-corrected chi connectivity index (χ1v) is 10.6. The number of anilines is 1. The highest BCUT2D eigenvalue weighted by Crippen LogP contribution is 2.31. The first-order chi connectivity index (χ1) is 15.3. The molecule has 1 unspecified atom stereocenters. The van der Waals surface area contributed by atoms with Crippen LogP contribution in [-0.2, 0) is 30.3 Å². The maximum atomic E-state index is 11.7. The molecule has 0 radical (unpaired) electrons. The summed E-state index contributed by atoms with van der Waals surface area (Å²) in [6, 6.07) is 12.3. The lowest BCUT2D eigenvalue weighted by molar-refractivity contribution is -0.173. The van der Waals surface area contributed by atoms with Gasteiger partial charge in [0.1, 0.15) is 0 Å². The second-order valence-electron chi connectivity index (χ2n) is 6.85. The van der Waals surface area contributed by atoms with Gasteiger partial charge in [0.2, 0.25) is 0 Å². The first kappa shape index (κ1) is 25.6. The fourth-order valence-electron chi connectivity index (χ4n) is 2.66. The molecule has 2 rings (SSSR count). The zero-order chi connectivity index (χ0) is 23.5. The van der Waals surface area contributed by atoms with Crippen LogP contribution < -0.4 is 11.1 Å². The van der Waals surface area contributed by atoms with Crippen LogP contribution in [-0.4, -0.2) is 42.7 Å². The Bertz CT molecular complexity index is 916. The molecule has 0 aliphatic carbocycles. The average molecular weight is 483 g/mol. The van der Waals surface area contributed by atoms with Crippen molar-refractivity contribution in [3.8, 4) is 0 Å². The van der Waals surface area contributed by atoms with Gasteiger partial charge < -0.3 is 25.6 Å². The highest BCUT2D eigenvalue weighted by atomic mass is 35.5. The molecule has 2 aromatic carbocycles. The normalized spacial score (nSPS) is 11.6. The molecule has 172 valence electrons. The van der Waals surface area contributed by atoms with Crippen LogP contribution in [0.3, 0.4) is 0 Å². The molecular weight excluding hydrogens is 459 g/mol. The Morgan fingerprint density at radius 2 is 1.72 bits per heavy atom. The number of aryl methyl sites for hydroxylation is 1. The number of nitrogens with one attached hydrogen (secondary N) is 1. The highest BCUT2D eigenvalue weighted by Gasteiger charge is 2.21. The second kappa shape index (κ2) is 13.0. The predicted octanol–water partition coefficient (Wildman–Crippen LogP) is 2.83. The van der Waals surface area contributed by atoms with E-state index in [9.17, 15) is 19.5 Å². The van der Waals surface area contributed by atoms with Crippen LogP contribution in [0.1, 0.15) is 30.1 Å². The van der Waals surface area contributed by atoms with Gasteiger partial charge in [-0.1, -0.05) is 53.5 Å². The van der Waals surface area contributed by atoms with Crippen molar-refractivity contribution >= 4 is 46.8 Å². The Morgan fingerprint density at radius 3 is 2.38 bits per heavy atom. The van der Waals surface area contributed by atoms with Crippen LogP contribution in [0.25, 0.3) is 0 Å². The molecule has 1 atom stereocenters. The molecule has 0 heterocycles. The van der Waals surface area contributed by atoms with Gasteiger partial charge in [0.15, 0.2) is 0 Å². The summed E-state index contributed by atoms with van der Waals surface area (Å²) in [5, 5.41) is 13.7. The van der Waals surface area contributed by atoms with Crippen molar-refractivity contribution in [1.29, 1.82) is 0 Å². The summed E-state index contributed by atoms with van der Waals surface area (Å²) in [5.41, 5.74) is 7.33. The third-order valence-electron chi connectivity index (χ3n) is 4.39. The number of aliphatic hydroxyl groups excluding tert-OH is 1. The number of halogens is 2. The van der Waals surface area contributed by atoms with E-state index in [4.69, 9.17) is 33.7 Å². The quantitative estimate of drug-likeness (QED) is 0.155. The van der Waals surface area contributed by atoms with E-state index in [2.05, 4.69) is 10.1 Å². The fraction of sp³-hybridized carbons (Fsp3) is 0.318. The molecule has 4 N–H and O–H groups in total. The van der Waals surface area contributed by atoms with Gasteiger partial charge in [-0.05, 0) is 42.6 Å². The van der Waals surface area contributed by atoms with Crippen molar-refractivity contribution < 1.29 is 29.0 Å². The predicted molar refractivity (Wildman–Crippen MR) is 120 cm³/mol. The van der Waals surface area contributed by atoms with Crippen molar-refractivity contribution in [1.82, 2.24) is 5.32 Å². The summed E-state index contributed by atoms with van der Waals surface area (Å²) in [7, 11) is 0. The average Bonchev–Trinajstić information content (AvgIpc) is 2.78. The monoisotopic (exact) mass is 482 g/mol. The molecule has 2 aromatic rings.